The Morgan fingerprint density at radius 1 is 0.727 bits per heavy atom. The van der Waals surface area contributed by atoms with Crippen molar-refractivity contribution in [2.45, 2.75) is 18.5 Å². The monoisotopic (exact) mass is 642 g/mol. The molecule has 0 bridgehead atoms. The van der Waals surface area contributed by atoms with Gasteiger partial charge in [-0.1, -0.05) is 0 Å². The predicted molar refractivity (Wildman–Crippen MR) is 129 cm³/mol. The number of anilines is 2. The van der Waals surface area contributed by atoms with Gasteiger partial charge in [-0.2, -0.15) is 39.5 Å². The Bertz CT molecular complexity index is 1480. The maximum atomic E-state index is 10.6. The number of halogens is 9. The van der Waals surface area contributed by atoms with Gasteiger partial charge in [-0.3, -0.25) is 4.98 Å². The van der Waals surface area contributed by atoms with Gasteiger partial charge in [0.15, 0.2) is 5.82 Å². The average molecular weight is 642 g/mol. The minimum Gasteiger partial charge on any atom is -0.475 e. The van der Waals surface area contributed by atoms with E-state index in [-0.39, 0.29) is 0 Å². The second-order valence-corrected chi connectivity index (χ2v) is 7.75. The number of carbonyl (C=O) groups is 3. The minimum absolute atomic E-state index is 0.782. The van der Waals surface area contributed by atoms with Crippen molar-refractivity contribution >= 4 is 29.4 Å². The molecule has 0 aromatic carbocycles. The first-order valence-electron chi connectivity index (χ1n) is 11.0. The third-order valence-corrected chi connectivity index (χ3v) is 4.69. The number of aliphatic carboxylic acids is 3. The molecule has 0 saturated heterocycles. The van der Waals surface area contributed by atoms with Crippen LogP contribution in [0.1, 0.15) is 0 Å². The van der Waals surface area contributed by atoms with Gasteiger partial charge < -0.3 is 30.6 Å². The Labute approximate surface area is 237 Å². The number of aromatic amines is 2. The predicted octanol–water partition coefficient (Wildman–Crippen LogP) is 5.49. The summed E-state index contributed by atoms with van der Waals surface area (Å²) in [6, 6.07) is 9.87. The van der Waals surface area contributed by atoms with Crippen molar-refractivity contribution in [2.24, 2.45) is 0 Å². The summed E-state index contributed by atoms with van der Waals surface area (Å²) in [5.41, 5.74) is 5.70. The van der Waals surface area contributed by atoms with E-state index in [1.807, 2.05) is 36.5 Å². The number of hydrogen-bond acceptors (Lipinski definition) is 7. The number of rotatable bonds is 1. The van der Waals surface area contributed by atoms with Gasteiger partial charge in [-0.05, 0) is 30.3 Å². The van der Waals surface area contributed by atoms with Gasteiger partial charge in [-0.25, -0.2) is 24.4 Å². The maximum Gasteiger partial charge on any atom is 0.490 e. The van der Waals surface area contributed by atoms with Crippen LogP contribution in [0.15, 0.2) is 55.1 Å². The molecule has 6 N–H and O–H groups in total. The van der Waals surface area contributed by atoms with Crippen LogP contribution in [0.4, 0.5) is 51.0 Å². The van der Waals surface area contributed by atoms with Gasteiger partial charge in [0, 0.05) is 29.7 Å². The lowest BCUT2D eigenvalue weighted by Gasteiger charge is -2.07. The number of fused-ring (bicyclic) bond motifs is 5. The number of aromatic nitrogens is 5. The molecular formula is C23H15F9N6O6. The molecule has 0 saturated carbocycles. The Balaban J connectivity index is 0.000000266. The third kappa shape index (κ3) is 9.46. The Kier molecular flexibility index (Phi) is 10.7. The molecule has 4 aromatic heterocycles. The largest absolute Gasteiger partial charge is 0.490 e. The van der Waals surface area contributed by atoms with Gasteiger partial charge >= 0.3 is 36.4 Å². The van der Waals surface area contributed by atoms with Gasteiger partial charge in [0.1, 0.15) is 11.5 Å². The first-order chi connectivity index (χ1) is 20.2. The lowest BCUT2D eigenvalue weighted by atomic mass is 10.1. The maximum absolute atomic E-state index is 10.6. The molecule has 0 fully saturated rings. The molecule has 0 unspecified atom stereocenters. The normalized spacial score (nSPS) is 11.6. The number of pyridine rings is 2. The number of nitrogens with zero attached hydrogens (tertiary/aromatic N) is 3. The highest BCUT2D eigenvalue weighted by molar-refractivity contribution is 5.95. The molecule has 5 rings (SSSR count). The standard InChI is InChI=1S/C17H12N6.3C2HF3O2/c1-3-11-15-14(22-17(23-15)12-4-2-6-19-12)10-5-8-18-9-13(10)21-16(11)20-7-1;3*3-2(4,5)1(6)7/h1-9,19H,(H,20,21)(H,22,23);3*(H,6,7). The number of imidazole rings is 1. The van der Waals surface area contributed by atoms with E-state index in [0.717, 1.165) is 45.5 Å². The molecule has 0 spiro atoms. The first-order valence-corrected chi connectivity index (χ1v) is 11.0. The summed E-state index contributed by atoms with van der Waals surface area (Å²) < 4.78 is 95.2. The van der Waals surface area contributed by atoms with E-state index in [1.54, 1.807) is 18.6 Å². The molecule has 0 aliphatic carbocycles. The van der Waals surface area contributed by atoms with Crippen LogP contribution in [0.25, 0.3) is 34.0 Å². The van der Waals surface area contributed by atoms with E-state index in [0.29, 0.717) is 0 Å². The van der Waals surface area contributed by atoms with Crippen molar-refractivity contribution in [3.8, 4) is 34.0 Å². The molecule has 236 valence electrons. The van der Waals surface area contributed by atoms with Crippen LogP contribution in [0.5, 0.6) is 0 Å². The molecule has 0 amide bonds. The number of alkyl halides is 9. The van der Waals surface area contributed by atoms with Crippen molar-refractivity contribution < 1.29 is 69.2 Å². The van der Waals surface area contributed by atoms with Crippen molar-refractivity contribution in [1.82, 2.24) is 24.9 Å². The molecule has 1 aliphatic heterocycles. The zero-order valence-electron chi connectivity index (χ0n) is 21.0. The molecule has 5 heterocycles. The summed E-state index contributed by atoms with van der Waals surface area (Å²) in [7, 11) is 0. The van der Waals surface area contributed by atoms with E-state index in [2.05, 4.69) is 25.3 Å². The lowest BCUT2D eigenvalue weighted by molar-refractivity contribution is -0.193. The summed E-state index contributed by atoms with van der Waals surface area (Å²) >= 11 is 0. The molecule has 0 radical (unpaired) electrons. The van der Waals surface area contributed by atoms with Crippen LogP contribution < -0.4 is 5.32 Å². The van der Waals surface area contributed by atoms with Crippen molar-refractivity contribution in [2.75, 3.05) is 5.32 Å². The highest BCUT2D eigenvalue weighted by atomic mass is 19.4. The summed E-state index contributed by atoms with van der Waals surface area (Å²) in [6.45, 7) is 0. The van der Waals surface area contributed by atoms with Crippen LogP contribution in [-0.4, -0.2) is 76.7 Å². The van der Waals surface area contributed by atoms with E-state index in [4.69, 9.17) is 34.7 Å². The van der Waals surface area contributed by atoms with Crippen LogP contribution in [0.3, 0.4) is 0 Å². The lowest BCUT2D eigenvalue weighted by Crippen LogP contribution is -2.21. The molecule has 44 heavy (non-hydrogen) atoms. The second-order valence-electron chi connectivity index (χ2n) is 7.75. The number of H-pyrrole nitrogens is 2. The fourth-order valence-corrected chi connectivity index (χ4v) is 2.90. The average Bonchev–Trinajstić information content (AvgIpc) is 3.57. The summed E-state index contributed by atoms with van der Waals surface area (Å²) in [4.78, 5) is 46.8. The second kappa shape index (κ2) is 13.6. The summed E-state index contributed by atoms with van der Waals surface area (Å²) in [6.07, 6.45) is -8.01. The van der Waals surface area contributed by atoms with Gasteiger partial charge in [0.2, 0.25) is 0 Å². The van der Waals surface area contributed by atoms with Gasteiger partial charge in [-0.15, -0.1) is 0 Å². The topological polar surface area (TPSA) is 194 Å². The minimum atomic E-state index is -5.08. The summed E-state index contributed by atoms with van der Waals surface area (Å²) in [5.74, 6) is -6.68. The van der Waals surface area contributed by atoms with E-state index in [9.17, 15) is 39.5 Å². The quantitative estimate of drug-likeness (QED) is 0.127. The summed E-state index contributed by atoms with van der Waals surface area (Å²) in [5, 5.41) is 24.7. The molecule has 1 aliphatic rings. The smallest absolute Gasteiger partial charge is 0.475 e. The molecule has 21 heteroatoms. The number of nitrogens with one attached hydrogen (secondary N) is 3. The Morgan fingerprint density at radius 2 is 1.27 bits per heavy atom. The highest BCUT2D eigenvalue weighted by Crippen LogP contribution is 2.42. The SMILES string of the molecule is O=C(O)C(F)(F)F.O=C(O)C(F)(F)F.O=C(O)C(F)(F)F.c1c[nH]c(-c2nc3c([nH]2)-c2ccncc2Nc2ncccc2-3)c1. The Morgan fingerprint density at radius 3 is 1.75 bits per heavy atom. The highest BCUT2D eigenvalue weighted by Gasteiger charge is 2.39. The molecule has 0 atom stereocenters. The molecule has 4 aromatic rings. The molecule has 12 nitrogen and oxygen atoms in total. The van der Waals surface area contributed by atoms with E-state index >= 15 is 0 Å². The fraction of sp³-hybridized carbons (Fsp3) is 0.130. The van der Waals surface area contributed by atoms with Crippen molar-refractivity contribution in [1.29, 1.82) is 0 Å². The zero-order valence-corrected chi connectivity index (χ0v) is 21.0. The van der Waals surface area contributed by atoms with Crippen LogP contribution in [0.2, 0.25) is 0 Å². The fourth-order valence-electron chi connectivity index (χ4n) is 2.90. The van der Waals surface area contributed by atoms with E-state index < -0.39 is 36.4 Å². The van der Waals surface area contributed by atoms with Gasteiger partial charge in [0.05, 0.1) is 23.3 Å². The Hall–Kier alpha value is -5.63. The number of carboxylic acids is 3. The third-order valence-electron chi connectivity index (χ3n) is 4.69. The van der Waals surface area contributed by atoms with E-state index in [1.165, 1.54) is 0 Å². The van der Waals surface area contributed by atoms with Crippen LogP contribution >= 0.6 is 0 Å². The molecular weight excluding hydrogens is 627 g/mol. The zero-order chi connectivity index (χ0) is 33.5. The van der Waals surface area contributed by atoms with Gasteiger partial charge in [0.25, 0.3) is 0 Å². The first kappa shape index (κ1) is 34.6. The number of carboxylic acid groups (broad SMARTS) is 3. The number of hydrogen-bond donors (Lipinski definition) is 6. The van der Waals surface area contributed by atoms with Crippen LogP contribution in [0, 0.1) is 0 Å². The van der Waals surface area contributed by atoms with Crippen molar-refractivity contribution in [3.05, 3.63) is 55.1 Å². The van der Waals surface area contributed by atoms with Crippen LogP contribution in [-0.2, 0) is 14.4 Å². The van der Waals surface area contributed by atoms with Crippen molar-refractivity contribution in [3.63, 3.8) is 0 Å².